The van der Waals surface area contributed by atoms with E-state index in [2.05, 4.69) is 12.2 Å². The third-order valence-corrected chi connectivity index (χ3v) is 4.47. The second-order valence-electron chi connectivity index (χ2n) is 6.77. The van der Waals surface area contributed by atoms with Crippen LogP contribution in [0.15, 0.2) is 66.7 Å². The topological polar surface area (TPSA) is 64.6 Å². The van der Waals surface area contributed by atoms with Crippen molar-refractivity contribution < 1.29 is 19.1 Å². The quantitative estimate of drug-likeness (QED) is 0.402. The van der Waals surface area contributed by atoms with E-state index in [1.54, 1.807) is 24.3 Å². The first-order valence-corrected chi connectivity index (χ1v) is 9.84. The van der Waals surface area contributed by atoms with Crippen LogP contribution in [0.4, 0.5) is 5.69 Å². The maximum absolute atomic E-state index is 12.1. The van der Waals surface area contributed by atoms with Crippen LogP contribution in [0.3, 0.4) is 0 Å². The van der Waals surface area contributed by atoms with Gasteiger partial charge < -0.3 is 14.8 Å². The first-order valence-electron chi connectivity index (χ1n) is 9.84. The van der Waals surface area contributed by atoms with Crippen molar-refractivity contribution in [2.75, 3.05) is 18.5 Å². The van der Waals surface area contributed by atoms with Crippen LogP contribution in [0.1, 0.15) is 36.5 Å². The lowest BCUT2D eigenvalue weighted by Crippen LogP contribution is -2.20. The molecule has 0 bridgehead atoms. The van der Waals surface area contributed by atoms with Crippen LogP contribution in [0.5, 0.6) is 5.75 Å². The van der Waals surface area contributed by atoms with Crippen LogP contribution in [0, 0.1) is 0 Å². The first-order chi connectivity index (χ1) is 14.2. The van der Waals surface area contributed by atoms with Gasteiger partial charge in [-0.15, -0.1) is 0 Å². The Balaban J connectivity index is 1.47. The predicted octanol–water partition coefficient (Wildman–Crippen LogP) is 5.20. The molecule has 3 aromatic carbocycles. The highest BCUT2D eigenvalue weighted by Crippen LogP contribution is 2.19. The molecule has 1 amide bonds. The zero-order valence-electron chi connectivity index (χ0n) is 16.5. The minimum Gasteiger partial charge on any atom is -0.494 e. The van der Waals surface area contributed by atoms with E-state index in [9.17, 15) is 9.59 Å². The van der Waals surface area contributed by atoms with Gasteiger partial charge in [-0.05, 0) is 53.6 Å². The highest BCUT2D eigenvalue weighted by molar-refractivity contribution is 5.97. The van der Waals surface area contributed by atoms with Crippen LogP contribution in [-0.4, -0.2) is 25.1 Å². The fraction of sp³-hybridized carbons (Fsp3) is 0.250. The number of ether oxygens (including phenoxy) is 2. The largest absolute Gasteiger partial charge is 0.494 e. The Kier molecular flexibility index (Phi) is 7.22. The molecule has 0 fully saturated rings. The summed E-state index contributed by atoms with van der Waals surface area (Å²) < 4.78 is 10.7. The number of fused-ring (bicyclic) bond motifs is 1. The lowest BCUT2D eigenvalue weighted by Gasteiger charge is -2.09. The lowest BCUT2D eigenvalue weighted by molar-refractivity contribution is -0.119. The Morgan fingerprint density at radius 3 is 2.41 bits per heavy atom. The molecule has 0 saturated heterocycles. The maximum atomic E-state index is 12.1. The van der Waals surface area contributed by atoms with Crippen LogP contribution in [-0.2, 0) is 9.53 Å². The van der Waals surface area contributed by atoms with Gasteiger partial charge in [0.15, 0.2) is 6.61 Å². The molecule has 29 heavy (non-hydrogen) atoms. The molecule has 5 nitrogen and oxygen atoms in total. The van der Waals surface area contributed by atoms with Gasteiger partial charge in [-0.2, -0.15) is 0 Å². The summed E-state index contributed by atoms with van der Waals surface area (Å²) in [6.45, 7) is 2.45. The van der Waals surface area contributed by atoms with Crippen molar-refractivity contribution in [1.82, 2.24) is 0 Å². The molecule has 0 atom stereocenters. The number of esters is 1. The third kappa shape index (κ3) is 6.07. The van der Waals surface area contributed by atoms with Gasteiger partial charge in [-0.25, -0.2) is 4.79 Å². The Bertz CT molecular complexity index is 966. The monoisotopic (exact) mass is 391 g/mol. The predicted molar refractivity (Wildman–Crippen MR) is 114 cm³/mol. The van der Waals surface area contributed by atoms with Crippen molar-refractivity contribution in [3.05, 3.63) is 72.3 Å². The third-order valence-electron chi connectivity index (χ3n) is 4.47. The van der Waals surface area contributed by atoms with E-state index in [-0.39, 0.29) is 12.5 Å². The maximum Gasteiger partial charge on any atom is 0.338 e. The molecule has 0 spiro atoms. The minimum atomic E-state index is -0.545. The summed E-state index contributed by atoms with van der Waals surface area (Å²) in [6.07, 6.45) is 3.28. The standard InChI is InChI=1S/C24H25NO4/c1-2-3-6-15-28-22-13-10-19(11-14-22)24(27)29-17-23(26)25-21-12-9-18-7-4-5-8-20(18)16-21/h4-5,7-14,16H,2-3,6,15,17H2,1H3,(H,25,26). The Labute approximate surface area is 170 Å². The van der Waals surface area contributed by atoms with Gasteiger partial charge >= 0.3 is 5.97 Å². The van der Waals surface area contributed by atoms with E-state index in [0.29, 0.717) is 23.6 Å². The molecular formula is C24H25NO4. The van der Waals surface area contributed by atoms with Crippen LogP contribution >= 0.6 is 0 Å². The fourth-order valence-electron chi connectivity index (χ4n) is 2.91. The van der Waals surface area contributed by atoms with Gasteiger partial charge in [0.05, 0.1) is 12.2 Å². The van der Waals surface area contributed by atoms with E-state index < -0.39 is 5.97 Å². The Hall–Kier alpha value is -3.34. The molecule has 0 aromatic heterocycles. The van der Waals surface area contributed by atoms with Crippen LogP contribution in [0.25, 0.3) is 10.8 Å². The normalized spacial score (nSPS) is 10.5. The van der Waals surface area contributed by atoms with Gasteiger partial charge in [0.1, 0.15) is 5.75 Å². The van der Waals surface area contributed by atoms with Gasteiger partial charge in [-0.1, -0.05) is 50.1 Å². The number of carbonyl (C=O) groups is 2. The van der Waals surface area contributed by atoms with E-state index in [1.165, 1.54) is 0 Å². The first kappa shape index (κ1) is 20.4. The van der Waals surface area contributed by atoms with Crippen molar-refractivity contribution in [3.63, 3.8) is 0 Å². The number of amides is 1. The van der Waals surface area contributed by atoms with Gasteiger partial charge in [0.2, 0.25) is 0 Å². The molecule has 0 aliphatic heterocycles. The van der Waals surface area contributed by atoms with E-state index in [1.807, 2.05) is 42.5 Å². The van der Waals surface area contributed by atoms with Crippen LogP contribution in [0.2, 0.25) is 0 Å². The summed E-state index contributed by atoms with van der Waals surface area (Å²) in [5.74, 6) is -0.215. The molecule has 1 N–H and O–H groups in total. The summed E-state index contributed by atoms with van der Waals surface area (Å²) in [5, 5.41) is 4.87. The molecule has 0 radical (unpaired) electrons. The van der Waals surface area contributed by atoms with Crippen molar-refractivity contribution >= 4 is 28.3 Å². The number of rotatable bonds is 9. The second-order valence-corrected chi connectivity index (χ2v) is 6.77. The van der Waals surface area contributed by atoms with Gasteiger partial charge in [-0.3, -0.25) is 4.79 Å². The molecule has 0 unspecified atom stereocenters. The summed E-state index contributed by atoms with van der Waals surface area (Å²) >= 11 is 0. The van der Waals surface area contributed by atoms with Crippen molar-refractivity contribution in [2.45, 2.75) is 26.2 Å². The lowest BCUT2D eigenvalue weighted by atomic mass is 10.1. The molecule has 5 heteroatoms. The smallest absolute Gasteiger partial charge is 0.338 e. The molecule has 3 rings (SSSR count). The fourth-order valence-corrected chi connectivity index (χ4v) is 2.91. The number of anilines is 1. The molecule has 3 aromatic rings. The van der Waals surface area contributed by atoms with Crippen molar-refractivity contribution in [2.24, 2.45) is 0 Å². The molecule has 0 saturated carbocycles. The number of nitrogens with one attached hydrogen (secondary N) is 1. The summed E-state index contributed by atoms with van der Waals surface area (Å²) in [6, 6.07) is 20.3. The zero-order valence-corrected chi connectivity index (χ0v) is 16.5. The molecule has 0 aliphatic rings. The highest BCUT2D eigenvalue weighted by Gasteiger charge is 2.11. The van der Waals surface area contributed by atoms with Crippen molar-refractivity contribution in [1.29, 1.82) is 0 Å². The number of hydrogen-bond acceptors (Lipinski definition) is 4. The highest BCUT2D eigenvalue weighted by atomic mass is 16.5. The zero-order chi connectivity index (χ0) is 20.5. The molecular weight excluding hydrogens is 366 g/mol. The van der Waals surface area contributed by atoms with Gasteiger partial charge in [0.25, 0.3) is 5.91 Å². The Morgan fingerprint density at radius 2 is 1.66 bits per heavy atom. The van der Waals surface area contributed by atoms with Crippen molar-refractivity contribution in [3.8, 4) is 5.75 Å². The SMILES string of the molecule is CCCCCOc1ccc(C(=O)OCC(=O)Nc2ccc3ccccc3c2)cc1. The average molecular weight is 391 g/mol. The van der Waals surface area contributed by atoms with Crippen LogP contribution < -0.4 is 10.1 Å². The number of unbranched alkanes of at least 4 members (excludes halogenated alkanes) is 2. The second kappa shape index (κ2) is 10.3. The van der Waals surface area contributed by atoms with E-state index in [4.69, 9.17) is 9.47 Å². The summed E-state index contributed by atoms with van der Waals surface area (Å²) in [4.78, 5) is 24.2. The summed E-state index contributed by atoms with van der Waals surface area (Å²) in [7, 11) is 0. The molecule has 0 aliphatic carbocycles. The number of benzene rings is 3. The summed E-state index contributed by atoms with van der Waals surface area (Å²) in [5.41, 5.74) is 1.04. The molecule has 0 heterocycles. The van der Waals surface area contributed by atoms with E-state index in [0.717, 1.165) is 30.0 Å². The number of carbonyl (C=O) groups excluding carboxylic acids is 2. The minimum absolute atomic E-state index is 0.346. The van der Waals surface area contributed by atoms with Gasteiger partial charge in [0, 0.05) is 5.69 Å². The molecule has 150 valence electrons. The van der Waals surface area contributed by atoms with E-state index >= 15 is 0 Å². The average Bonchev–Trinajstić information content (AvgIpc) is 2.75. The number of hydrogen-bond donors (Lipinski definition) is 1. The Morgan fingerprint density at radius 1 is 0.897 bits per heavy atom.